The van der Waals surface area contributed by atoms with E-state index >= 15 is 0 Å². The molecule has 0 N–H and O–H groups in total. The molecule has 0 spiro atoms. The highest BCUT2D eigenvalue weighted by Gasteiger charge is 2.12. The van der Waals surface area contributed by atoms with Gasteiger partial charge in [-0.1, -0.05) is 45.7 Å². The minimum absolute atomic E-state index is 0.762. The van der Waals surface area contributed by atoms with Crippen LogP contribution >= 0.6 is 0 Å². The largest absolute Gasteiger partial charge is 0.328 e. The van der Waals surface area contributed by atoms with Crippen molar-refractivity contribution in [3.8, 4) is 0 Å². The van der Waals surface area contributed by atoms with Crippen LogP contribution in [0.4, 0.5) is 0 Å². The van der Waals surface area contributed by atoms with Gasteiger partial charge in [-0.25, -0.2) is 4.98 Å². The highest BCUT2D eigenvalue weighted by molar-refractivity contribution is 5.75. The first-order valence-electron chi connectivity index (χ1n) is 6.74. The molecule has 0 radical (unpaired) electrons. The molecule has 2 aromatic rings. The highest BCUT2D eigenvalue weighted by Crippen LogP contribution is 2.20. The number of rotatable bonds is 5. The first-order chi connectivity index (χ1) is 8.30. The minimum Gasteiger partial charge on any atom is -0.328 e. The molecule has 1 aromatic heterocycles. The Labute approximate surface area is 104 Å². The second-order valence-electron chi connectivity index (χ2n) is 4.66. The zero-order valence-corrected chi connectivity index (χ0v) is 11.1. The average Bonchev–Trinajstić information content (AvgIpc) is 2.73. The highest BCUT2D eigenvalue weighted by atomic mass is 15.1. The lowest BCUT2D eigenvalue weighted by molar-refractivity contribution is 0.417. The van der Waals surface area contributed by atoms with E-state index in [0.717, 1.165) is 24.4 Å². The predicted molar refractivity (Wildman–Crippen MR) is 73.2 cm³/mol. The summed E-state index contributed by atoms with van der Waals surface area (Å²) in [5.74, 6) is 1.98. The molecule has 0 saturated heterocycles. The molecular weight excluding hydrogens is 208 g/mol. The lowest BCUT2D eigenvalue weighted by Gasteiger charge is -2.15. The molecule has 0 aliphatic heterocycles. The molecule has 0 bridgehead atoms. The zero-order chi connectivity index (χ0) is 12.3. The smallest absolute Gasteiger partial charge is 0.109 e. The molecule has 1 aromatic carbocycles. The van der Waals surface area contributed by atoms with Gasteiger partial charge in [0, 0.05) is 13.0 Å². The molecule has 0 saturated carbocycles. The number of hydrogen-bond acceptors (Lipinski definition) is 1. The van der Waals surface area contributed by atoms with Crippen molar-refractivity contribution >= 4 is 11.0 Å². The number of nitrogens with zero attached hydrogens (tertiary/aromatic N) is 2. The van der Waals surface area contributed by atoms with E-state index in [4.69, 9.17) is 4.98 Å². The standard InChI is InChI=1S/C15H22N2/c1-4-12(5-2)11-17-14-10-8-7-9-13(14)16-15(17)6-3/h7-10,12H,4-6,11H2,1-3H3. The third kappa shape index (κ3) is 2.36. The monoisotopic (exact) mass is 230 g/mol. The summed E-state index contributed by atoms with van der Waals surface area (Å²) in [6.45, 7) is 7.85. The normalized spacial score (nSPS) is 11.5. The van der Waals surface area contributed by atoms with E-state index in [1.165, 1.54) is 24.2 Å². The molecule has 0 aliphatic rings. The van der Waals surface area contributed by atoms with Crippen molar-refractivity contribution in [1.29, 1.82) is 0 Å². The van der Waals surface area contributed by atoms with Crippen LogP contribution in [0.15, 0.2) is 24.3 Å². The summed E-state index contributed by atoms with van der Waals surface area (Å²) in [7, 11) is 0. The fourth-order valence-corrected chi connectivity index (χ4v) is 2.40. The molecule has 0 fully saturated rings. The summed E-state index contributed by atoms with van der Waals surface area (Å²) >= 11 is 0. The van der Waals surface area contributed by atoms with Crippen LogP contribution in [0.5, 0.6) is 0 Å². The number of para-hydroxylation sites is 2. The Balaban J connectivity index is 2.42. The molecule has 0 unspecified atom stereocenters. The minimum atomic E-state index is 0.762. The molecule has 0 atom stereocenters. The van der Waals surface area contributed by atoms with Gasteiger partial charge >= 0.3 is 0 Å². The quantitative estimate of drug-likeness (QED) is 0.758. The van der Waals surface area contributed by atoms with E-state index in [9.17, 15) is 0 Å². The molecule has 17 heavy (non-hydrogen) atoms. The van der Waals surface area contributed by atoms with E-state index in [-0.39, 0.29) is 0 Å². The van der Waals surface area contributed by atoms with Gasteiger partial charge in [-0.05, 0) is 18.1 Å². The summed E-state index contributed by atoms with van der Waals surface area (Å²) in [5.41, 5.74) is 2.42. The molecule has 0 aliphatic carbocycles. The number of aryl methyl sites for hydroxylation is 1. The average molecular weight is 230 g/mol. The van der Waals surface area contributed by atoms with Gasteiger partial charge in [0.15, 0.2) is 0 Å². The SMILES string of the molecule is CCc1nc2ccccc2n1CC(CC)CC. The van der Waals surface area contributed by atoms with Crippen molar-refractivity contribution < 1.29 is 0 Å². The van der Waals surface area contributed by atoms with Gasteiger partial charge in [0.2, 0.25) is 0 Å². The van der Waals surface area contributed by atoms with Crippen LogP contribution in [0.25, 0.3) is 11.0 Å². The van der Waals surface area contributed by atoms with Gasteiger partial charge in [-0.2, -0.15) is 0 Å². The van der Waals surface area contributed by atoms with Gasteiger partial charge in [0.25, 0.3) is 0 Å². The van der Waals surface area contributed by atoms with Crippen LogP contribution in [0.3, 0.4) is 0 Å². The maximum Gasteiger partial charge on any atom is 0.109 e. The van der Waals surface area contributed by atoms with Crippen LogP contribution < -0.4 is 0 Å². The fourth-order valence-electron chi connectivity index (χ4n) is 2.40. The van der Waals surface area contributed by atoms with Gasteiger partial charge < -0.3 is 4.57 Å². The third-order valence-corrected chi connectivity index (χ3v) is 3.65. The maximum absolute atomic E-state index is 4.72. The van der Waals surface area contributed by atoms with Crippen molar-refractivity contribution in [2.45, 2.75) is 46.6 Å². The van der Waals surface area contributed by atoms with Gasteiger partial charge in [-0.15, -0.1) is 0 Å². The van der Waals surface area contributed by atoms with Crippen LogP contribution in [-0.2, 0) is 13.0 Å². The summed E-state index contributed by atoms with van der Waals surface area (Å²) in [5, 5.41) is 0. The number of benzene rings is 1. The molecule has 2 rings (SSSR count). The van der Waals surface area contributed by atoms with Gasteiger partial charge in [0.1, 0.15) is 5.82 Å². The fraction of sp³-hybridized carbons (Fsp3) is 0.533. The number of hydrogen-bond donors (Lipinski definition) is 0. The Bertz CT molecular complexity index is 481. The van der Waals surface area contributed by atoms with Crippen molar-refractivity contribution in [2.24, 2.45) is 5.92 Å². The second-order valence-corrected chi connectivity index (χ2v) is 4.66. The summed E-state index contributed by atoms with van der Waals surface area (Å²) < 4.78 is 2.41. The zero-order valence-electron chi connectivity index (χ0n) is 11.1. The summed E-state index contributed by atoms with van der Waals surface area (Å²) in [4.78, 5) is 4.72. The molecule has 92 valence electrons. The summed E-state index contributed by atoms with van der Waals surface area (Å²) in [6.07, 6.45) is 3.49. The number of aromatic nitrogens is 2. The van der Waals surface area contributed by atoms with E-state index in [1.54, 1.807) is 0 Å². The van der Waals surface area contributed by atoms with Crippen LogP contribution in [0.1, 0.15) is 39.4 Å². The Hall–Kier alpha value is -1.31. The molecule has 1 heterocycles. The van der Waals surface area contributed by atoms with Gasteiger partial charge in [-0.3, -0.25) is 0 Å². The van der Waals surface area contributed by atoms with Crippen molar-refractivity contribution in [2.75, 3.05) is 0 Å². The maximum atomic E-state index is 4.72. The van der Waals surface area contributed by atoms with E-state index in [1.807, 2.05) is 0 Å². The predicted octanol–water partition coefficient (Wildman–Crippen LogP) is 4.03. The molecule has 0 amide bonds. The van der Waals surface area contributed by atoms with Crippen molar-refractivity contribution in [1.82, 2.24) is 9.55 Å². The van der Waals surface area contributed by atoms with E-state index in [2.05, 4.69) is 49.6 Å². The Morgan fingerprint density at radius 3 is 2.47 bits per heavy atom. The second kappa shape index (κ2) is 5.35. The Kier molecular flexibility index (Phi) is 3.82. The van der Waals surface area contributed by atoms with E-state index < -0.39 is 0 Å². The first kappa shape index (κ1) is 12.2. The molecule has 2 heteroatoms. The van der Waals surface area contributed by atoms with Crippen molar-refractivity contribution in [3.05, 3.63) is 30.1 Å². The Morgan fingerprint density at radius 1 is 1.12 bits per heavy atom. The molecule has 2 nitrogen and oxygen atoms in total. The van der Waals surface area contributed by atoms with Gasteiger partial charge in [0.05, 0.1) is 11.0 Å². The van der Waals surface area contributed by atoms with Crippen LogP contribution in [-0.4, -0.2) is 9.55 Å². The van der Waals surface area contributed by atoms with Crippen LogP contribution in [0.2, 0.25) is 0 Å². The third-order valence-electron chi connectivity index (χ3n) is 3.65. The lowest BCUT2D eigenvalue weighted by Crippen LogP contribution is -2.11. The Morgan fingerprint density at radius 2 is 1.82 bits per heavy atom. The topological polar surface area (TPSA) is 17.8 Å². The first-order valence-corrected chi connectivity index (χ1v) is 6.74. The number of fused-ring (bicyclic) bond motifs is 1. The number of imidazole rings is 1. The summed E-state index contributed by atoms with van der Waals surface area (Å²) in [6, 6.07) is 8.46. The molecular formula is C15H22N2. The lowest BCUT2D eigenvalue weighted by atomic mass is 10.0. The van der Waals surface area contributed by atoms with Crippen LogP contribution in [0, 0.1) is 5.92 Å². The van der Waals surface area contributed by atoms with E-state index in [0.29, 0.717) is 0 Å². The van der Waals surface area contributed by atoms with Crippen molar-refractivity contribution in [3.63, 3.8) is 0 Å².